The van der Waals surface area contributed by atoms with Crippen molar-refractivity contribution in [1.82, 2.24) is 10.2 Å². The summed E-state index contributed by atoms with van der Waals surface area (Å²) in [5, 5.41) is 3.27. The van der Waals surface area contributed by atoms with E-state index in [9.17, 15) is 9.59 Å². The Morgan fingerprint density at radius 1 is 1.26 bits per heavy atom. The average Bonchev–Trinajstić information content (AvgIpc) is 2.44. The number of benzene rings is 1. The third-order valence-electron chi connectivity index (χ3n) is 3.69. The number of imide groups is 1. The van der Waals surface area contributed by atoms with Crippen LogP contribution in [0.25, 0.3) is 0 Å². The van der Waals surface area contributed by atoms with Crippen molar-refractivity contribution in [3.8, 4) is 0 Å². The highest BCUT2D eigenvalue weighted by atomic mass is 16.2. The van der Waals surface area contributed by atoms with Crippen LogP contribution >= 0.6 is 0 Å². The van der Waals surface area contributed by atoms with Crippen LogP contribution in [0.5, 0.6) is 0 Å². The third kappa shape index (κ3) is 3.01. The highest BCUT2D eigenvalue weighted by molar-refractivity contribution is 6.00. The van der Waals surface area contributed by atoms with Gasteiger partial charge >= 0.3 is 0 Å². The lowest BCUT2D eigenvalue weighted by Crippen LogP contribution is -2.51. The van der Waals surface area contributed by atoms with Crippen molar-refractivity contribution >= 4 is 11.8 Å². The van der Waals surface area contributed by atoms with Gasteiger partial charge in [0.2, 0.25) is 11.8 Å². The van der Waals surface area contributed by atoms with Gasteiger partial charge in [-0.1, -0.05) is 31.2 Å². The van der Waals surface area contributed by atoms with Crippen molar-refractivity contribution < 1.29 is 9.59 Å². The molecule has 2 amide bonds. The summed E-state index contributed by atoms with van der Waals surface area (Å²) in [4.78, 5) is 24.6. The van der Waals surface area contributed by atoms with Gasteiger partial charge in [-0.05, 0) is 24.0 Å². The normalized spacial score (nSPS) is 19.9. The van der Waals surface area contributed by atoms with E-state index in [0.29, 0.717) is 19.4 Å². The maximum Gasteiger partial charge on any atom is 0.246 e. The fraction of sp³-hybridized carbons (Fsp3) is 0.467. The Bertz CT molecular complexity index is 485. The monoisotopic (exact) mass is 260 g/mol. The van der Waals surface area contributed by atoms with Crippen molar-refractivity contribution in [3.05, 3.63) is 35.4 Å². The number of likely N-dealkylation sites (N-methyl/N-ethyl adjacent to an activating group) is 1. The molecular formula is C15H20N2O2. The number of likely N-dealkylation sites (tertiary alicyclic amines) is 1. The molecule has 0 spiro atoms. The molecule has 1 aromatic rings. The fourth-order valence-electron chi connectivity index (χ4n) is 2.41. The maximum atomic E-state index is 12.0. The number of amides is 2. The minimum absolute atomic E-state index is 0.0861. The minimum Gasteiger partial charge on any atom is -0.302 e. The number of piperidine rings is 1. The molecule has 1 aliphatic rings. The zero-order chi connectivity index (χ0) is 13.8. The molecule has 102 valence electrons. The molecule has 0 saturated carbocycles. The number of carbonyl (C=O) groups is 2. The summed E-state index contributed by atoms with van der Waals surface area (Å²) in [5.74, 6) is -0.206. The van der Waals surface area contributed by atoms with Crippen LogP contribution in [0.4, 0.5) is 0 Å². The first-order chi connectivity index (χ1) is 9.13. The lowest BCUT2D eigenvalue weighted by atomic mass is 10.0. The van der Waals surface area contributed by atoms with E-state index in [1.165, 1.54) is 16.0 Å². The van der Waals surface area contributed by atoms with Crippen LogP contribution in [0.1, 0.15) is 30.9 Å². The van der Waals surface area contributed by atoms with E-state index in [-0.39, 0.29) is 17.9 Å². The zero-order valence-corrected chi connectivity index (χ0v) is 11.5. The molecule has 0 aromatic heterocycles. The largest absolute Gasteiger partial charge is 0.302 e. The summed E-state index contributed by atoms with van der Waals surface area (Å²) >= 11 is 0. The Balaban J connectivity index is 1.99. The van der Waals surface area contributed by atoms with E-state index in [2.05, 4.69) is 24.4 Å². The predicted molar refractivity (Wildman–Crippen MR) is 73.5 cm³/mol. The van der Waals surface area contributed by atoms with Gasteiger partial charge in [0, 0.05) is 20.0 Å². The number of hydrogen-bond acceptors (Lipinski definition) is 3. The lowest BCUT2D eigenvalue weighted by Gasteiger charge is -2.28. The van der Waals surface area contributed by atoms with Crippen molar-refractivity contribution in [3.63, 3.8) is 0 Å². The Morgan fingerprint density at radius 3 is 2.63 bits per heavy atom. The predicted octanol–water partition coefficient (Wildman–Crippen LogP) is 1.49. The third-order valence-corrected chi connectivity index (χ3v) is 3.69. The molecule has 1 heterocycles. The Morgan fingerprint density at radius 2 is 1.95 bits per heavy atom. The molecule has 0 bridgehead atoms. The molecule has 0 aliphatic carbocycles. The Labute approximate surface area is 113 Å². The van der Waals surface area contributed by atoms with Gasteiger partial charge < -0.3 is 5.32 Å². The number of hydrogen-bond donors (Lipinski definition) is 1. The van der Waals surface area contributed by atoms with Crippen LogP contribution in [0, 0.1) is 0 Å². The van der Waals surface area contributed by atoms with Gasteiger partial charge in [-0.2, -0.15) is 0 Å². The van der Waals surface area contributed by atoms with Gasteiger partial charge in [-0.3, -0.25) is 14.5 Å². The Hall–Kier alpha value is -1.68. The van der Waals surface area contributed by atoms with Crippen LogP contribution < -0.4 is 5.32 Å². The number of nitrogens with one attached hydrogen (secondary N) is 1. The zero-order valence-electron chi connectivity index (χ0n) is 11.5. The van der Waals surface area contributed by atoms with E-state index in [1.54, 1.807) is 7.05 Å². The van der Waals surface area contributed by atoms with Gasteiger partial charge in [0.1, 0.15) is 0 Å². The SMILES string of the molecule is CCc1ccccc1CNC1CCC(=O)N(C)C1=O. The van der Waals surface area contributed by atoms with E-state index in [4.69, 9.17) is 0 Å². The summed E-state index contributed by atoms with van der Waals surface area (Å²) < 4.78 is 0. The first-order valence-corrected chi connectivity index (χ1v) is 6.74. The van der Waals surface area contributed by atoms with E-state index < -0.39 is 0 Å². The van der Waals surface area contributed by atoms with Crippen LogP contribution in [0.2, 0.25) is 0 Å². The first-order valence-electron chi connectivity index (χ1n) is 6.74. The average molecular weight is 260 g/mol. The minimum atomic E-state index is -0.243. The second kappa shape index (κ2) is 5.97. The molecule has 1 aromatic carbocycles. The summed E-state index contributed by atoms with van der Waals surface area (Å²) in [7, 11) is 1.55. The van der Waals surface area contributed by atoms with Gasteiger partial charge in [0.25, 0.3) is 0 Å². The van der Waals surface area contributed by atoms with Gasteiger partial charge in [-0.25, -0.2) is 0 Å². The molecule has 0 radical (unpaired) electrons. The number of carbonyl (C=O) groups excluding carboxylic acids is 2. The second-order valence-electron chi connectivity index (χ2n) is 4.89. The van der Waals surface area contributed by atoms with E-state index in [1.807, 2.05) is 12.1 Å². The van der Waals surface area contributed by atoms with Crippen molar-refractivity contribution in [2.75, 3.05) is 7.05 Å². The molecule has 2 rings (SSSR count). The molecule has 1 N–H and O–H groups in total. The van der Waals surface area contributed by atoms with Crippen molar-refractivity contribution in [2.24, 2.45) is 0 Å². The number of rotatable bonds is 4. The summed E-state index contributed by atoms with van der Waals surface area (Å²) in [6.07, 6.45) is 2.01. The smallest absolute Gasteiger partial charge is 0.246 e. The number of aryl methyl sites for hydroxylation is 1. The van der Waals surface area contributed by atoms with Gasteiger partial charge in [-0.15, -0.1) is 0 Å². The molecule has 1 fully saturated rings. The maximum absolute atomic E-state index is 12.0. The van der Waals surface area contributed by atoms with Crippen LogP contribution in [0.15, 0.2) is 24.3 Å². The van der Waals surface area contributed by atoms with Crippen molar-refractivity contribution in [2.45, 2.75) is 38.8 Å². The molecule has 1 atom stereocenters. The summed E-state index contributed by atoms with van der Waals surface area (Å²) in [5.41, 5.74) is 2.51. The first kappa shape index (κ1) is 13.7. The van der Waals surface area contributed by atoms with Crippen LogP contribution in [-0.4, -0.2) is 29.8 Å². The topological polar surface area (TPSA) is 49.4 Å². The Kier molecular flexibility index (Phi) is 4.32. The highest BCUT2D eigenvalue weighted by Gasteiger charge is 2.31. The highest BCUT2D eigenvalue weighted by Crippen LogP contribution is 2.14. The summed E-state index contributed by atoms with van der Waals surface area (Å²) in [6.45, 7) is 2.79. The summed E-state index contributed by atoms with van der Waals surface area (Å²) in [6, 6.07) is 7.98. The molecule has 1 unspecified atom stereocenters. The molecule has 1 aliphatic heterocycles. The number of nitrogens with zero attached hydrogens (tertiary/aromatic N) is 1. The van der Waals surface area contributed by atoms with E-state index >= 15 is 0 Å². The fourth-order valence-corrected chi connectivity index (χ4v) is 2.41. The lowest BCUT2D eigenvalue weighted by molar-refractivity contribution is -0.148. The quantitative estimate of drug-likeness (QED) is 0.834. The van der Waals surface area contributed by atoms with Gasteiger partial charge in [0.15, 0.2) is 0 Å². The second-order valence-corrected chi connectivity index (χ2v) is 4.89. The molecule has 4 heteroatoms. The van der Waals surface area contributed by atoms with Crippen LogP contribution in [-0.2, 0) is 22.6 Å². The molecule has 4 nitrogen and oxygen atoms in total. The van der Waals surface area contributed by atoms with E-state index in [0.717, 1.165) is 6.42 Å². The molecule has 19 heavy (non-hydrogen) atoms. The molecular weight excluding hydrogens is 240 g/mol. The van der Waals surface area contributed by atoms with Crippen LogP contribution in [0.3, 0.4) is 0 Å². The van der Waals surface area contributed by atoms with Gasteiger partial charge in [0.05, 0.1) is 6.04 Å². The standard InChI is InChI=1S/C15H20N2O2/c1-3-11-6-4-5-7-12(11)10-16-13-8-9-14(18)17(2)15(13)19/h4-7,13,16H,3,8-10H2,1-2H3. The van der Waals surface area contributed by atoms with Crippen molar-refractivity contribution in [1.29, 1.82) is 0 Å². The molecule has 1 saturated heterocycles.